The summed E-state index contributed by atoms with van der Waals surface area (Å²) >= 11 is 5.88. The number of carboxylic acids is 1. The van der Waals surface area contributed by atoms with Crippen molar-refractivity contribution >= 4 is 17.6 Å². The molecule has 1 aliphatic heterocycles. The second kappa shape index (κ2) is 10.7. The van der Waals surface area contributed by atoms with Crippen LogP contribution in [0.1, 0.15) is 41.1 Å². The number of carboxylic acid groups (broad SMARTS) is 1. The molecule has 4 rings (SSSR count). The monoisotopic (exact) mass is 503 g/mol. The van der Waals surface area contributed by atoms with Crippen LogP contribution in [0.5, 0.6) is 5.75 Å². The summed E-state index contributed by atoms with van der Waals surface area (Å²) in [5, 5.41) is 9.20. The number of likely N-dealkylation sites (tertiary alicyclic amines) is 1. The Morgan fingerprint density at radius 3 is 2.51 bits per heavy atom. The Balaban J connectivity index is 1.70. The van der Waals surface area contributed by atoms with Gasteiger partial charge in [0.1, 0.15) is 12.4 Å². The zero-order valence-corrected chi connectivity index (χ0v) is 19.6. The van der Waals surface area contributed by atoms with E-state index in [4.69, 9.17) is 16.3 Å². The van der Waals surface area contributed by atoms with Crippen molar-refractivity contribution in [2.24, 2.45) is 5.92 Å². The zero-order chi connectivity index (χ0) is 25.0. The summed E-state index contributed by atoms with van der Waals surface area (Å²) < 4.78 is 46.9. The number of hydrogen-bond acceptors (Lipinski definition) is 3. The minimum Gasteiger partial charge on any atom is -0.489 e. The molecule has 1 heterocycles. The number of nitrogens with zero attached hydrogens (tertiary/aromatic N) is 1. The lowest BCUT2D eigenvalue weighted by atomic mass is 9.90. The van der Waals surface area contributed by atoms with Crippen LogP contribution in [-0.4, -0.2) is 29.1 Å². The first-order valence-corrected chi connectivity index (χ1v) is 11.7. The molecule has 3 aromatic carbocycles. The van der Waals surface area contributed by atoms with E-state index in [0.29, 0.717) is 37.3 Å². The molecule has 2 atom stereocenters. The molecule has 184 valence electrons. The summed E-state index contributed by atoms with van der Waals surface area (Å²) in [5.41, 5.74) is 1.19. The van der Waals surface area contributed by atoms with E-state index in [1.54, 1.807) is 24.3 Å². The predicted molar refractivity (Wildman–Crippen MR) is 127 cm³/mol. The fourth-order valence-corrected chi connectivity index (χ4v) is 4.73. The molecule has 3 aromatic rings. The molecule has 35 heavy (non-hydrogen) atoms. The first kappa shape index (κ1) is 25.1. The van der Waals surface area contributed by atoms with Crippen LogP contribution in [0.3, 0.4) is 0 Å². The Kier molecular flexibility index (Phi) is 7.67. The van der Waals surface area contributed by atoms with Crippen LogP contribution >= 0.6 is 11.6 Å². The van der Waals surface area contributed by atoms with Gasteiger partial charge >= 0.3 is 12.1 Å². The van der Waals surface area contributed by atoms with E-state index in [2.05, 4.69) is 0 Å². The number of rotatable bonds is 7. The topological polar surface area (TPSA) is 49.8 Å². The third-order valence-electron chi connectivity index (χ3n) is 6.20. The van der Waals surface area contributed by atoms with Crippen molar-refractivity contribution < 1.29 is 27.8 Å². The van der Waals surface area contributed by atoms with Gasteiger partial charge in [0.15, 0.2) is 0 Å². The second-order valence-electron chi connectivity index (χ2n) is 8.66. The smallest absolute Gasteiger partial charge is 0.417 e. The standard InChI is InChI=1S/C27H25ClF3NO3/c28-24-12-11-20(15-23(24)27(29,30)31)25(32-13-5-9-21(16-32)26(33)34)19-8-4-10-22(14-19)35-17-18-6-2-1-3-7-18/h1-4,6-8,10-12,14-15,21,25H,5,9,13,16-17H2,(H,33,34). The van der Waals surface area contributed by atoms with E-state index in [-0.39, 0.29) is 11.6 Å². The van der Waals surface area contributed by atoms with E-state index in [1.165, 1.54) is 6.07 Å². The van der Waals surface area contributed by atoms with E-state index < -0.39 is 29.7 Å². The predicted octanol–water partition coefficient (Wildman–Crippen LogP) is 6.82. The average Bonchev–Trinajstić information content (AvgIpc) is 2.84. The Bertz CT molecular complexity index is 1170. The van der Waals surface area contributed by atoms with Crippen LogP contribution in [0, 0.1) is 5.92 Å². The van der Waals surface area contributed by atoms with Gasteiger partial charge in [0, 0.05) is 6.54 Å². The van der Waals surface area contributed by atoms with Gasteiger partial charge in [-0.25, -0.2) is 0 Å². The molecule has 4 nitrogen and oxygen atoms in total. The lowest BCUT2D eigenvalue weighted by Gasteiger charge is -2.38. The lowest BCUT2D eigenvalue weighted by Crippen LogP contribution is -2.41. The minimum atomic E-state index is -4.61. The van der Waals surface area contributed by atoms with Crippen LogP contribution in [0.15, 0.2) is 72.8 Å². The fourth-order valence-electron chi connectivity index (χ4n) is 4.50. The van der Waals surface area contributed by atoms with Crippen LogP contribution in [0.2, 0.25) is 5.02 Å². The third-order valence-corrected chi connectivity index (χ3v) is 6.53. The molecule has 0 amide bonds. The summed E-state index contributed by atoms with van der Waals surface area (Å²) in [7, 11) is 0. The largest absolute Gasteiger partial charge is 0.489 e. The summed E-state index contributed by atoms with van der Waals surface area (Å²) in [6.07, 6.45) is -3.44. The number of halogens is 4. The van der Waals surface area contributed by atoms with E-state index in [9.17, 15) is 23.1 Å². The van der Waals surface area contributed by atoms with Crippen LogP contribution in [0.25, 0.3) is 0 Å². The number of piperidine rings is 1. The maximum absolute atomic E-state index is 13.6. The lowest BCUT2D eigenvalue weighted by molar-refractivity contribution is -0.143. The van der Waals surface area contributed by atoms with Crippen molar-refractivity contribution in [1.82, 2.24) is 4.90 Å². The maximum atomic E-state index is 13.6. The third kappa shape index (κ3) is 6.16. The van der Waals surface area contributed by atoms with E-state index in [1.807, 2.05) is 41.3 Å². The molecular formula is C27H25ClF3NO3. The first-order chi connectivity index (χ1) is 16.7. The molecule has 1 saturated heterocycles. The molecule has 0 spiro atoms. The average molecular weight is 504 g/mol. The molecule has 1 fully saturated rings. The van der Waals surface area contributed by atoms with Crippen molar-refractivity contribution in [2.75, 3.05) is 13.1 Å². The summed E-state index contributed by atoms with van der Waals surface area (Å²) in [6.45, 7) is 1.14. The second-order valence-corrected chi connectivity index (χ2v) is 9.07. The van der Waals surface area contributed by atoms with Crippen molar-refractivity contribution in [1.29, 1.82) is 0 Å². The highest BCUT2D eigenvalue weighted by Crippen LogP contribution is 2.40. The van der Waals surface area contributed by atoms with Crippen molar-refractivity contribution in [3.05, 3.63) is 100 Å². The van der Waals surface area contributed by atoms with Crippen molar-refractivity contribution in [3.63, 3.8) is 0 Å². The van der Waals surface area contributed by atoms with Gasteiger partial charge in [-0.2, -0.15) is 13.2 Å². The number of alkyl halides is 3. The maximum Gasteiger partial charge on any atom is 0.417 e. The Hall–Kier alpha value is -3.03. The van der Waals surface area contributed by atoms with E-state index in [0.717, 1.165) is 17.2 Å². The highest BCUT2D eigenvalue weighted by atomic mass is 35.5. The van der Waals surface area contributed by atoms with Gasteiger partial charge < -0.3 is 9.84 Å². The Labute approximate surface area is 206 Å². The van der Waals surface area contributed by atoms with Crippen molar-refractivity contribution in [2.45, 2.75) is 31.7 Å². The molecule has 1 N–H and O–H groups in total. The minimum absolute atomic E-state index is 0.235. The SMILES string of the molecule is O=C(O)C1CCCN(C(c2cccc(OCc3ccccc3)c2)c2ccc(Cl)c(C(F)(F)F)c2)C1. The molecule has 8 heteroatoms. The Morgan fingerprint density at radius 2 is 1.80 bits per heavy atom. The Morgan fingerprint density at radius 1 is 1.06 bits per heavy atom. The number of benzene rings is 3. The first-order valence-electron chi connectivity index (χ1n) is 11.3. The highest BCUT2D eigenvalue weighted by molar-refractivity contribution is 6.31. The normalized spacial score (nSPS) is 17.7. The van der Waals surface area contributed by atoms with Crippen LogP contribution in [-0.2, 0) is 17.6 Å². The van der Waals surface area contributed by atoms with Crippen LogP contribution in [0.4, 0.5) is 13.2 Å². The molecule has 0 saturated carbocycles. The summed E-state index contributed by atoms with van der Waals surface area (Å²) in [5.74, 6) is -0.910. The van der Waals surface area contributed by atoms with Crippen LogP contribution < -0.4 is 4.74 Å². The quantitative estimate of drug-likeness (QED) is 0.384. The number of carbonyl (C=O) groups is 1. The summed E-state index contributed by atoms with van der Waals surface area (Å²) in [6, 6.07) is 20.2. The molecule has 0 aromatic heterocycles. The molecule has 0 bridgehead atoms. The zero-order valence-electron chi connectivity index (χ0n) is 18.8. The molecule has 0 aliphatic carbocycles. The molecule has 1 aliphatic rings. The van der Waals surface area contributed by atoms with Gasteiger partial charge in [-0.1, -0.05) is 60.1 Å². The molecular weight excluding hydrogens is 479 g/mol. The van der Waals surface area contributed by atoms with Gasteiger partial charge in [0.25, 0.3) is 0 Å². The summed E-state index contributed by atoms with van der Waals surface area (Å²) in [4.78, 5) is 13.6. The van der Waals surface area contributed by atoms with Gasteiger partial charge in [0.2, 0.25) is 0 Å². The highest BCUT2D eigenvalue weighted by Gasteiger charge is 2.36. The van der Waals surface area contributed by atoms with Gasteiger partial charge in [-0.15, -0.1) is 0 Å². The van der Waals surface area contributed by atoms with Gasteiger partial charge in [-0.3, -0.25) is 9.69 Å². The molecule has 2 unspecified atom stereocenters. The number of hydrogen-bond donors (Lipinski definition) is 1. The number of ether oxygens (including phenoxy) is 1. The van der Waals surface area contributed by atoms with Crippen molar-refractivity contribution in [3.8, 4) is 5.75 Å². The van der Waals surface area contributed by atoms with Gasteiger partial charge in [-0.05, 0) is 60.3 Å². The number of aliphatic carboxylic acids is 1. The van der Waals surface area contributed by atoms with Gasteiger partial charge in [0.05, 0.1) is 22.5 Å². The van der Waals surface area contributed by atoms with E-state index >= 15 is 0 Å². The fraction of sp³-hybridized carbons (Fsp3) is 0.296. The molecule has 0 radical (unpaired) electrons.